The van der Waals surface area contributed by atoms with Crippen molar-refractivity contribution in [3.05, 3.63) is 21.9 Å². The minimum atomic E-state index is 0.392. The van der Waals surface area contributed by atoms with E-state index in [9.17, 15) is 0 Å². The Morgan fingerprint density at radius 2 is 2.38 bits per heavy atom. The molecule has 0 radical (unpaired) electrons. The third-order valence-electron chi connectivity index (χ3n) is 3.35. The molecule has 1 saturated heterocycles. The van der Waals surface area contributed by atoms with Crippen molar-refractivity contribution >= 4 is 23.1 Å². The zero-order valence-electron chi connectivity index (χ0n) is 10.4. The van der Waals surface area contributed by atoms with E-state index in [1.165, 1.54) is 29.0 Å². The van der Waals surface area contributed by atoms with Crippen LogP contribution in [-0.4, -0.2) is 17.0 Å². The molecule has 0 aliphatic carbocycles. The third-order valence-corrected chi connectivity index (χ3v) is 5.82. The first kappa shape index (κ1) is 12.5. The van der Waals surface area contributed by atoms with Crippen molar-refractivity contribution < 1.29 is 0 Å². The summed E-state index contributed by atoms with van der Waals surface area (Å²) in [4.78, 5) is 1.42. The van der Waals surface area contributed by atoms with Crippen LogP contribution >= 0.6 is 23.1 Å². The molecule has 1 fully saturated rings. The SMILES string of the molecule is CCNC(c1csc(C)c1)C1(C)CCCS1. The summed E-state index contributed by atoms with van der Waals surface area (Å²) in [5.41, 5.74) is 1.49. The van der Waals surface area contributed by atoms with E-state index < -0.39 is 0 Å². The molecule has 2 unspecified atom stereocenters. The first-order chi connectivity index (χ1) is 7.65. The molecule has 3 heteroatoms. The van der Waals surface area contributed by atoms with Gasteiger partial charge in [0.05, 0.1) is 0 Å². The Bertz CT molecular complexity index is 339. The van der Waals surface area contributed by atoms with Crippen LogP contribution in [0.1, 0.15) is 43.2 Å². The summed E-state index contributed by atoms with van der Waals surface area (Å²) in [5, 5.41) is 6.01. The second-order valence-electron chi connectivity index (χ2n) is 4.75. The van der Waals surface area contributed by atoms with Gasteiger partial charge in [-0.1, -0.05) is 6.92 Å². The van der Waals surface area contributed by atoms with Crippen LogP contribution in [0.2, 0.25) is 0 Å². The molecular formula is C13H21NS2. The van der Waals surface area contributed by atoms with E-state index in [0.717, 1.165) is 6.54 Å². The molecule has 0 spiro atoms. The first-order valence-corrected chi connectivity index (χ1v) is 7.94. The highest BCUT2D eigenvalue weighted by Crippen LogP contribution is 2.47. The molecule has 0 saturated carbocycles. The summed E-state index contributed by atoms with van der Waals surface area (Å²) in [6.07, 6.45) is 2.70. The number of hydrogen-bond acceptors (Lipinski definition) is 3. The number of thiophene rings is 1. The minimum Gasteiger partial charge on any atom is -0.309 e. The molecule has 1 aromatic heterocycles. The molecule has 1 aliphatic rings. The molecule has 1 aromatic rings. The van der Waals surface area contributed by atoms with E-state index in [1.807, 2.05) is 11.3 Å². The van der Waals surface area contributed by atoms with Crippen LogP contribution in [0.15, 0.2) is 11.4 Å². The smallest absolute Gasteiger partial charge is 0.0474 e. The predicted octanol–water partition coefficient (Wildman–Crippen LogP) is 3.99. The average Bonchev–Trinajstić information content (AvgIpc) is 2.85. The van der Waals surface area contributed by atoms with Gasteiger partial charge >= 0.3 is 0 Å². The number of aryl methyl sites for hydroxylation is 1. The molecule has 0 amide bonds. The fraction of sp³-hybridized carbons (Fsp3) is 0.692. The number of hydrogen-bond donors (Lipinski definition) is 1. The van der Waals surface area contributed by atoms with Crippen LogP contribution in [0.3, 0.4) is 0 Å². The molecule has 2 atom stereocenters. The van der Waals surface area contributed by atoms with Crippen molar-refractivity contribution in [2.24, 2.45) is 0 Å². The number of nitrogens with one attached hydrogen (secondary N) is 1. The summed E-state index contributed by atoms with van der Waals surface area (Å²) in [5.74, 6) is 1.32. The Balaban J connectivity index is 2.22. The normalized spacial score (nSPS) is 27.2. The fourth-order valence-corrected chi connectivity index (χ4v) is 4.69. The molecule has 1 nitrogen and oxygen atoms in total. The van der Waals surface area contributed by atoms with Gasteiger partial charge in [-0.3, -0.25) is 0 Å². The lowest BCUT2D eigenvalue weighted by Crippen LogP contribution is -2.37. The van der Waals surface area contributed by atoms with Crippen LogP contribution < -0.4 is 5.32 Å². The maximum absolute atomic E-state index is 3.68. The highest BCUT2D eigenvalue weighted by molar-refractivity contribution is 8.00. The monoisotopic (exact) mass is 255 g/mol. The first-order valence-electron chi connectivity index (χ1n) is 6.08. The zero-order chi connectivity index (χ0) is 11.6. The van der Waals surface area contributed by atoms with Crippen molar-refractivity contribution in [1.82, 2.24) is 5.32 Å². The molecule has 1 aliphatic heterocycles. The summed E-state index contributed by atoms with van der Waals surface area (Å²) >= 11 is 4.01. The predicted molar refractivity (Wildman–Crippen MR) is 75.6 cm³/mol. The quantitative estimate of drug-likeness (QED) is 0.873. The Hall–Kier alpha value is 0.01000. The van der Waals surface area contributed by atoms with Gasteiger partial charge in [0.25, 0.3) is 0 Å². The van der Waals surface area contributed by atoms with E-state index in [1.54, 1.807) is 0 Å². The van der Waals surface area contributed by atoms with E-state index in [0.29, 0.717) is 10.8 Å². The van der Waals surface area contributed by atoms with Crippen LogP contribution in [0, 0.1) is 6.92 Å². The Morgan fingerprint density at radius 1 is 1.56 bits per heavy atom. The molecule has 0 aromatic carbocycles. The van der Waals surface area contributed by atoms with Crippen LogP contribution in [0.4, 0.5) is 0 Å². The standard InChI is InChI=1S/C13H21NS2/c1-4-14-12(11-8-10(2)15-9-11)13(3)6-5-7-16-13/h8-9,12,14H,4-7H2,1-3H3. The van der Waals surface area contributed by atoms with Gasteiger partial charge < -0.3 is 5.32 Å². The minimum absolute atomic E-state index is 0.392. The fourth-order valence-electron chi connectivity index (χ4n) is 2.53. The van der Waals surface area contributed by atoms with E-state index in [-0.39, 0.29) is 0 Å². The largest absolute Gasteiger partial charge is 0.309 e. The van der Waals surface area contributed by atoms with Crippen LogP contribution in [0.25, 0.3) is 0 Å². The van der Waals surface area contributed by atoms with E-state index in [2.05, 4.69) is 49.3 Å². The maximum atomic E-state index is 3.68. The lowest BCUT2D eigenvalue weighted by atomic mass is 9.91. The van der Waals surface area contributed by atoms with Gasteiger partial charge in [-0.15, -0.1) is 11.3 Å². The number of thioether (sulfide) groups is 1. The van der Waals surface area contributed by atoms with Gasteiger partial charge in [-0.25, -0.2) is 0 Å². The van der Waals surface area contributed by atoms with Gasteiger partial charge in [0.1, 0.15) is 0 Å². The van der Waals surface area contributed by atoms with Gasteiger partial charge in [-0.05, 0) is 56.0 Å². The van der Waals surface area contributed by atoms with Crippen molar-refractivity contribution in [3.63, 3.8) is 0 Å². The summed E-state index contributed by atoms with van der Waals surface area (Å²) < 4.78 is 0.392. The lowest BCUT2D eigenvalue weighted by Gasteiger charge is -2.33. The molecule has 2 heterocycles. The highest BCUT2D eigenvalue weighted by Gasteiger charge is 2.38. The maximum Gasteiger partial charge on any atom is 0.0474 e. The third kappa shape index (κ3) is 2.47. The van der Waals surface area contributed by atoms with Gasteiger partial charge in [0.2, 0.25) is 0 Å². The van der Waals surface area contributed by atoms with Crippen molar-refractivity contribution in [2.75, 3.05) is 12.3 Å². The van der Waals surface area contributed by atoms with E-state index in [4.69, 9.17) is 0 Å². The summed E-state index contributed by atoms with van der Waals surface area (Å²) in [6.45, 7) is 7.87. The zero-order valence-corrected chi connectivity index (χ0v) is 12.0. The molecule has 0 bridgehead atoms. The van der Waals surface area contributed by atoms with Gasteiger partial charge in [-0.2, -0.15) is 11.8 Å². The Morgan fingerprint density at radius 3 is 2.88 bits per heavy atom. The Labute approximate surface area is 107 Å². The summed E-state index contributed by atoms with van der Waals surface area (Å²) in [6, 6.07) is 2.87. The van der Waals surface area contributed by atoms with Crippen molar-refractivity contribution in [2.45, 2.75) is 44.4 Å². The number of rotatable bonds is 4. The Kier molecular flexibility index (Phi) is 3.98. The van der Waals surface area contributed by atoms with Crippen LogP contribution in [0.5, 0.6) is 0 Å². The molecule has 90 valence electrons. The van der Waals surface area contributed by atoms with Gasteiger partial charge in [0, 0.05) is 15.7 Å². The van der Waals surface area contributed by atoms with Crippen molar-refractivity contribution in [3.8, 4) is 0 Å². The second-order valence-corrected chi connectivity index (χ2v) is 7.49. The van der Waals surface area contributed by atoms with Gasteiger partial charge in [0.15, 0.2) is 0 Å². The molecule has 1 N–H and O–H groups in total. The van der Waals surface area contributed by atoms with Crippen LogP contribution in [-0.2, 0) is 0 Å². The van der Waals surface area contributed by atoms with E-state index >= 15 is 0 Å². The topological polar surface area (TPSA) is 12.0 Å². The highest BCUT2D eigenvalue weighted by atomic mass is 32.2. The summed E-state index contributed by atoms with van der Waals surface area (Å²) in [7, 11) is 0. The lowest BCUT2D eigenvalue weighted by molar-refractivity contribution is 0.422. The second kappa shape index (κ2) is 5.11. The molecular weight excluding hydrogens is 234 g/mol. The molecule has 2 rings (SSSR count). The molecule has 16 heavy (non-hydrogen) atoms. The van der Waals surface area contributed by atoms with Crippen molar-refractivity contribution in [1.29, 1.82) is 0 Å². The average molecular weight is 255 g/mol.